The molecule has 0 saturated heterocycles. The number of unbranched alkanes of at least 4 members (excludes halogenated alkanes) is 10. The van der Waals surface area contributed by atoms with Gasteiger partial charge in [-0.1, -0.05) is 124 Å². The second kappa shape index (κ2) is 22.7. The SMILES string of the molecule is CCCCCOc1cc2c(cc1C#C[Si](C)(C)C)c1cc(OCCCCC)c(OCCCCC)cc1c1cc(OCCCCC)c(OCCCCC)cc21. The second-order valence-electron chi connectivity index (χ2n) is 15.9. The molecular formula is C48H70O5Si. The smallest absolute Gasteiger partial charge is 0.161 e. The van der Waals surface area contributed by atoms with Gasteiger partial charge in [-0.2, -0.15) is 0 Å². The molecule has 0 saturated carbocycles. The van der Waals surface area contributed by atoms with Crippen LogP contribution in [0.3, 0.4) is 0 Å². The summed E-state index contributed by atoms with van der Waals surface area (Å²) < 4.78 is 32.8. The maximum atomic E-state index is 6.59. The van der Waals surface area contributed by atoms with Gasteiger partial charge < -0.3 is 23.7 Å². The minimum atomic E-state index is -1.66. The first-order valence-electron chi connectivity index (χ1n) is 21.5. The largest absolute Gasteiger partial charge is 0.492 e. The highest BCUT2D eigenvalue weighted by Crippen LogP contribution is 2.46. The van der Waals surface area contributed by atoms with Gasteiger partial charge in [-0.05, 0) is 101 Å². The van der Waals surface area contributed by atoms with Crippen LogP contribution >= 0.6 is 0 Å². The van der Waals surface area contributed by atoms with E-state index < -0.39 is 8.07 Å². The first kappa shape index (κ1) is 43.2. The van der Waals surface area contributed by atoms with E-state index in [1.807, 2.05) is 0 Å². The molecule has 296 valence electrons. The standard InChI is InChI=1S/C48H70O5Si/c1-9-14-19-25-49-44-32-39-38(31-37(44)24-30-54(6,7)8)40-33-45(50-26-20-15-10-2)47(52-28-22-17-12-4)35-42(40)43-36-48(53-29-23-18-13-5)46(34-41(39)43)51-27-21-16-11-3/h31-36H,9-23,25-29H2,1-8H3. The number of hydrogen-bond donors (Lipinski definition) is 0. The van der Waals surface area contributed by atoms with Gasteiger partial charge >= 0.3 is 0 Å². The third kappa shape index (κ3) is 12.8. The number of ether oxygens (including phenoxy) is 5. The molecule has 0 radical (unpaired) electrons. The molecule has 0 fully saturated rings. The van der Waals surface area contributed by atoms with Crippen molar-refractivity contribution in [3.8, 4) is 40.2 Å². The van der Waals surface area contributed by atoms with E-state index in [1.165, 1.54) is 0 Å². The Balaban J connectivity index is 2.06. The molecule has 0 aliphatic heterocycles. The highest BCUT2D eigenvalue weighted by molar-refractivity contribution is 6.83. The highest BCUT2D eigenvalue weighted by atomic mass is 28.3. The minimum Gasteiger partial charge on any atom is -0.492 e. The van der Waals surface area contributed by atoms with Crippen LogP contribution in [0.15, 0.2) is 36.4 Å². The fourth-order valence-corrected chi connectivity index (χ4v) is 7.14. The lowest BCUT2D eigenvalue weighted by Gasteiger charge is -2.20. The topological polar surface area (TPSA) is 46.2 Å². The van der Waals surface area contributed by atoms with Gasteiger partial charge in [0.15, 0.2) is 23.0 Å². The van der Waals surface area contributed by atoms with Crippen molar-refractivity contribution in [2.75, 3.05) is 33.0 Å². The Hall–Kier alpha value is -3.56. The molecule has 0 bridgehead atoms. The van der Waals surface area contributed by atoms with Crippen molar-refractivity contribution in [1.82, 2.24) is 0 Å². The first-order chi connectivity index (χ1) is 26.2. The van der Waals surface area contributed by atoms with Gasteiger partial charge in [0.05, 0.1) is 38.6 Å². The van der Waals surface area contributed by atoms with Gasteiger partial charge in [0.1, 0.15) is 13.8 Å². The maximum absolute atomic E-state index is 6.59. The summed E-state index contributed by atoms with van der Waals surface area (Å²) >= 11 is 0. The van der Waals surface area contributed by atoms with Gasteiger partial charge in [-0.3, -0.25) is 0 Å². The molecule has 0 aliphatic carbocycles. The zero-order chi connectivity index (χ0) is 38.8. The van der Waals surface area contributed by atoms with Crippen LogP contribution in [-0.2, 0) is 0 Å². The van der Waals surface area contributed by atoms with Gasteiger partial charge in [0.2, 0.25) is 0 Å². The summed E-state index contributed by atoms with van der Waals surface area (Å²) in [5.41, 5.74) is 4.57. The van der Waals surface area contributed by atoms with Gasteiger partial charge in [-0.25, -0.2) is 0 Å². The van der Waals surface area contributed by atoms with Gasteiger partial charge in [-0.15, -0.1) is 5.54 Å². The van der Waals surface area contributed by atoms with Crippen LogP contribution in [0.5, 0.6) is 28.7 Å². The Labute approximate surface area is 328 Å². The molecule has 0 heterocycles. The van der Waals surface area contributed by atoms with E-state index in [4.69, 9.17) is 23.7 Å². The van der Waals surface area contributed by atoms with Crippen molar-refractivity contribution < 1.29 is 23.7 Å². The van der Waals surface area contributed by atoms with E-state index >= 15 is 0 Å². The molecule has 0 aromatic heterocycles. The molecule has 4 rings (SSSR count). The summed E-state index contributed by atoms with van der Waals surface area (Å²) in [6, 6.07) is 13.3. The number of benzene rings is 4. The van der Waals surface area contributed by atoms with Crippen LogP contribution in [0.25, 0.3) is 32.3 Å². The van der Waals surface area contributed by atoms with Crippen molar-refractivity contribution in [3.05, 3.63) is 42.0 Å². The molecule has 54 heavy (non-hydrogen) atoms. The molecule has 0 amide bonds. The lowest BCUT2D eigenvalue weighted by Crippen LogP contribution is -2.16. The fourth-order valence-electron chi connectivity index (χ4n) is 6.63. The third-order valence-corrected chi connectivity index (χ3v) is 10.6. The molecule has 0 spiro atoms. The normalized spacial score (nSPS) is 11.6. The lowest BCUT2D eigenvalue weighted by molar-refractivity contribution is 0.260. The average Bonchev–Trinajstić information content (AvgIpc) is 3.16. The van der Waals surface area contributed by atoms with Gasteiger partial charge in [0.25, 0.3) is 0 Å². The van der Waals surface area contributed by atoms with Crippen molar-refractivity contribution in [2.45, 2.75) is 151 Å². The van der Waals surface area contributed by atoms with Crippen LogP contribution in [-0.4, -0.2) is 41.1 Å². The van der Waals surface area contributed by atoms with E-state index in [0.717, 1.165) is 163 Å². The lowest BCUT2D eigenvalue weighted by atomic mass is 9.92. The number of fused-ring (bicyclic) bond motifs is 6. The Morgan fingerprint density at radius 1 is 0.370 bits per heavy atom. The minimum absolute atomic E-state index is 0.659. The predicted octanol–water partition coefficient (Wildman–Crippen LogP) is 14.2. The van der Waals surface area contributed by atoms with E-state index in [-0.39, 0.29) is 0 Å². The van der Waals surface area contributed by atoms with E-state index in [2.05, 4.69) is 102 Å². The third-order valence-electron chi connectivity index (χ3n) is 9.76. The first-order valence-corrected chi connectivity index (χ1v) is 25.0. The predicted molar refractivity (Wildman–Crippen MR) is 234 cm³/mol. The molecule has 4 aromatic rings. The highest BCUT2D eigenvalue weighted by Gasteiger charge is 2.20. The van der Waals surface area contributed by atoms with Crippen LogP contribution in [0.2, 0.25) is 19.6 Å². The van der Waals surface area contributed by atoms with Crippen molar-refractivity contribution >= 4 is 40.4 Å². The Bertz CT molecular complexity index is 1760. The Morgan fingerprint density at radius 3 is 0.907 bits per heavy atom. The fraction of sp³-hybridized carbons (Fsp3) is 0.583. The van der Waals surface area contributed by atoms with Crippen LogP contribution in [0.4, 0.5) is 0 Å². The molecule has 6 heteroatoms. The summed E-state index contributed by atoms with van der Waals surface area (Å²) in [7, 11) is -1.66. The van der Waals surface area contributed by atoms with Crippen LogP contribution in [0, 0.1) is 11.5 Å². The summed E-state index contributed by atoms with van der Waals surface area (Å²) in [4.78, 5) is 0. The molecule has 0 aliphatic rings. The number of hydrogen-bond acceptors (Lipinski definition) is 5. The summed E-state index contributed by atoms with van der Waals surface area (Å²) in [6.45, 7) is 21.3. The van der Waals surface area contributed by atoms with Crippen molar-refractivity contribution in [1.29, 1.82) is 0 Å². The number of rotatable bonds is 25. The Morgan fingerprint density at radius 2 is 0.630 bits per heavy atom. The molecule has 0 N–H and O–H groups in total. The van der Waals surface area contributed by atoms with Gasteiger partial charge in [0, 0.05) is 0 Å². The van der Waals surface area contributed by atoms with E-state index in [1.54, 1.807) is 0 Å². The summed E-state index contributed by atoms with van der Waals surface area (Å²) in [5, 5.41) is 6.69. The molecule has 0 unspecified atom stereocenters. The maximum Gasteiger partial charge on any atom is 0.161 e. The monoisotopic (exact) mass is 754 g/mol. The Kier molecular flexibility index (Phi) is 18.2. The quantitative estimate of drug-likeness (QED) is 0.0292. The van der Waals surface area contributed by atoms with Crippen molar-refractivity contribution in [3.63, 3.8) is 0 Å². The van der Waals surface area contributed by atoms with Crippen LogP contribution < -0.4 is 23.7 Å². The summed E-state index contributed by atoms with van der Waals surface area (Å²) in [5.74, 6) is 7.65. The zero-order valence-electron chi connectivity index (χ0n) is 35.1. The van der Waals surface area contributed by atoms with E-state index in [0.29, 0.717) is 33.0 Å². The van der Waals surface area contributed by atoms with Crippen molar-refractivity contribution in [2.24, 2.45) is 0 Å². The molecular weight excluding hydrogens is 685 g/mol. The van der Waals surface area contributed by atoms with E-state index in [9.17, 15) is 0 Å². The zero-order valence-corrected chi connectivity index (χ0v) is 36.1. The molecule has 4 aromatic carbocycles. The second-order valence-corrected chi connectivity index (χ2v) is 20.6. The molecule has 5 nitrogen and oxygen atoms in total. The average molecular weight is 755 g/mol. The van der Waals surface area contributed by atoms with Crippen LogP contribution in [0.1, 0.15) is 136 Å². The summed E-state index contributed by atoms with van der Waals surface area (Å²) in [6.07, 6.45) is 16.5. The molecule has 0 atom stereocenters.